The Labute approximate surface area is 211 Å². The number of hydrogen-bond donors (Lipinski definition) is 2. The third-order valence-corrected chi connectivity index (χ3v) is 7.35. The maximum Gasteiger partial charge on any atom is 0.248 e. The predicted molar refractivity (Wildman–Crippen MR) is 139 cm³/mol. The third-order valence-electron chi connectivity index (χ3n) is 5.44. The first kappa shape index (κ1) is 24.3. The molecule has 1 amide bonds. The largest absolute Gasteiger partial charge is 0.497 e. The first-order valence-corrected chi connectivity index (χ1v) is 12.8. The van der Waals surface area contributed by atoms with E-state index >= 15 is 0 Å². The number of ether oxygens (including phenoxy) is 1. The highest BCUT2D eigenvalue weighted by atomic mass is 32.2. The Morgan fingerprint density at radius 2 is 1.97 bits per heavy atom. The van der Waals surface area contributed by atoms with Gasteiger partial charge in [0.25, 0.3) is 0 Å². The van der Waals surface area contributed by atoms with E-state index < -0.39 is 6.04 Å². The summed E-state index contributed by atoms with van der Waals surface area (Å²) in [4.78, 5) is 13.3. The van der Waals surface area contributed by atoms with Crippen molar-refractivity contribution in [3.8, 4) is 22.9 Å². The molecule has 1 atom stereocenters. The number of thioether (sulfide) groups is 1. The molecule has 1 unspecified atom stereocenters. The number of methoxy groups -OCH3 is 1. The van der Waals surface area contributed by atoms with Gasteiger partial charge < -0.3 is 15.8 Å². The number of carbonyl (C=O) groups excluding carboxylic acids is 1. The summed E-state index contributed by atoms with van der Waals surface area (Å²) in [5.74, 6) is 1.30. The van der Waals surface area contributed by atoms with E-state index in [0.717, 1.165) is 22.4 Å². The fraction of sp³-hybridized carbons (Fsp3) is 0.200. The van der Waals surface area contributed by atoms with Gasteiger partial charge in [-0.2, -0.15) is 5.26 Å². The molecule has 0 spiro atoms. The van der Waals surface area contributed by atoms with Crippen LogP contribution < -0.4 is 15.8 Å². The normalized spacial score (nSPS) is 11.6. The number of aromatic nitrogens is 3. The first-order chi connectivity index (χ1) is 17.0. The molecule has 0 aliphatic carbocycles. The van der Waals surface area contributed by atoms with E-state index in [4.69, 9.17) is 10.5 Å². The molecule has 4 rings (SSSR count). The molecule has 0 aliphatic heterocycles. The van der Waals surface area contributed by atoms with Gasteiger partial charge in [0.15, 0.2) is 5.16 Å². The molecule has 8 nitrogen and oxygen atoms in total. The fourth-order valence-corrected chi connectivity index (χ4v) is 5.50. The molecule has 0 fully saturated rings. The van der Waals surface area contributed by atoms with Gasteiger partial charge in [0.1, 0.15) is 22.9 Å². The minimum absolute atomic E-state index is 0.174. The Hall–Kier alpha value is -3.81. The molecule has 10 heteroatoms. The molecule has 4 aromatic rings. The number of hydrogen-bond acceptors (Lipinski definition) is 8. The van der Waals surface area contributed by atoms with Gasteiger partial charge in [-0.1, -0.05) is 61.2 Å². The molecular formula is C25H24N6O2S2. The molecule has 2 heterocycles. The molecule has 0 saturated carbocycles. The monoisotopic (exact) mass is 504 g/mol. The summed E-state index contributed by atoms with van der Waals surface area (Å²) in [7, 11) is 1.60. The van der Waals surface area contributed by atoms with Crippen LogP contribution in [0.25, 0.3) is 11.1 Å². The third kappa shape index (κ3) is 5.31. The Kier molecular flexibility index (Phi) is 7.70. The van der Waals surface area contributed by atoms with Gasteiger partial charge >= 0.3 is 0 Å². The lowest BCUT2D eigenvalue weighted by molar-refractivity contribution is -0.119. The van der Waals surface area contributed by atoms with Gasteiger partial charge in [-0.3, -0.25) is 9.36 Å². The van der Waals surface area contributed by atoms with Gasteiger partial charge in [-0.05, 0) is 29.7 Å². The number of nitrogens with zero attached hydrogens (tertiary/aromatic N) is 4. The van der Waals surface area contributed by atoms with Crippen LogP contribution >= 0.6 is 23.1 Å². The van der Waals surface area contributed by atoms with Gasteiger partial charge in [0.05, 0.1) is 12.7 Å². The summed E-state index contributed by atoms with van der Waals surface area (Å²) in [5, 5.41) is 23.9. The minimum atomic E-state index is -0.624. The van der Waals surface area contributed by atoms with Crippen LogP contribution in [0.3, 0.4) is 0 Å². The average Bonchev–Trinajstić information content (AvgIpc) is 3.47. The number of benzene rings is 2. The quantitative estimate of drug-likeness (QED) is 0.295. The Morgan fingerprint density at radius 1 is 1.23 bits per heavy atom. The Morgan fingerprint density at radius 3 is 2.63 bits per heavy atom. The molecule has 35 heavy (non-hydrogen) atoms. The number of carbonyl (C=O) groups is 1. The van der Waals surface area contributed by atoms with Crippen LogP contribution in [0.4, 0.5) is 10.9 Å². The van der Waals surface area contributed by atoms with Crippen LogP contribution in [0.15, 0.2) is 65.1 Å². The minimum Gasteiger partial charge on any atom is -0.497 e. The van der Waals surface area contributed by atoms with E-state index in [1.54, 1.807) is 11.7 Å². The highest BCUT2D eigenvalue weighted by Gasteiger charge is 2.26. The zero-order chi connectivity index (χ0) is 24.8. The summed E-state index contributed by atoms with van der Waals surface area (Å²) in [5.41, 5.74) is 9.29. The highest BCUT2D eigenvalue weighted by molar-refractivity contribution is 7.98. The van der Waals surface area contributed by atoms with Crippen molar-refractivity contribution in [1.82, 2.24) is 14.8 Å². The second kappa shape index (κ2) is 11.1. The van der Waals surface area contributed by atoms with Crippen molar-refractivity contribution in [3.63, 3.8) is 0 Å². The molecule has 0 radical (unpaired) electrons. The van der Waals surface area contributed by atoms with Crippen LogP contribution in [0.2, 0.25) is 0 Å². The summed E-state index contributed by atoms with van der Waals surface area (Å²) in [6.07, 6.45) is 0.478. The van der Waals surface area contributed by atoms with Crippen molar-refractivity contribution in [3.05, 3.63) is 71.1 Å². The van der Waals surface area contributed by atoms with Crippen molar-refractivity contribution in [2.24, 2.45) is 0 Å². The van der Waals surface area contributed by atoms with Crippen molar-refractivity contribution in [2.45, 2.75) is 30.3 Å². The topological polar surface area (TPSA) is 119 Å². The zero-order valence-corrected chi connectivity index (χ0v) is 20.9. The summed E-state index contributed by atoms with van der Waals surface area (Å²) >= 11 is 2.78. The molecule has 0 bridgehead atoms. The number of nitriles is 1. The lowest BCUT2D eigenvalue weighted by Gasteiger charge is -2.18. The Bertz CT molecular complexity index is 1340. The Balaban J connectivity index is 1.55. The zero-order valence-electron chi connectivity index (χ0n) is 19.3. The van der Waals surface area contributed by atoms with Crippen LogP contribution in [0.1, 0.15) is 30.5 Å². The molecule has 178 valence electrons. The maximum atomic E-state index is 13.3. The van der Waals surface area contributed by atoms with Crippen molar-refractivity contribution >= 4 is 40.0 Å². The van der Waals surface area contributed by atoms with Gasteiger partial charge in [-0.25, -0.2) is 0 Å². The molecule has 2 aromatic carbocycles. The van der Waals surface area contributed by atoms with Crippen molar-refractivity contribution in [1.29, 1.82) is 5.26 Å². The van der Waals surface area contributed by atoms with Crippen molar-refractivity contribution < 1.29 is 9.53 Å². The molecule has 2 aromatic heterocycles. The molecular weight excluding hydrogens is 480 g/mol. The van der Waals surface area contributed by atoms with Crippen LogP contribution in [-0.4, -0.2) is 27.8 Å². The van der Waals surface area contributed by atoms with E-state index in [0.29, 0.717) is 27.9 Å². The van der Waals surface area contributed by atoms with E-state index in [1.165, 1.54) is 23.1 Å². The summed E-state index contributed by atoms with van der Waals surface area (Å²) in [6.45, 7) is 1.90. The number of anilines is 2. The SMILES string of the molecule is CCC(C(=O)Nc1scc(-c2ccc(OC)cc2)c1C#N)n1c(N)nnc1SCc1ccccc1. The number of rotatable bonds is 9. The van der Waals surface area contributed by atoms with Crippen LogP contribution in [0.5, 0.6) is 5.75 Å². The number of nitrogen functional groups attached to an aromatic ring is 1. The van der Waals surface area contributed by atoms with E-state index in [-0.39, 0.29) is 11.9 Å². The molecule has 0 saturated heterocycles. The van der Waals surface area contributed by atoms with Gasteiger partial charge in [0.2, 0.25) is 11.9 Å². The first-order valence-electron chi connectivity index (χ1n) is 10.9. The van der Waals surface area contributed by atoms with Gasteiger partial charge in [0, 0.05) is 16.7 Å². The van der Waals surface area contributed by atoms with Gasteiger partial charge in [-0.15, -0.1) is 21.5 Å². The lowest BCUT2D eigenvalue weighted by atomic mass is 10.0. The second-order valence-corrected chi connectivity index (χ2v) is 9.41. The van der Waals surface area contributed by atoms with E-state index in [1.807, 2.05) is 66.9 Å². The number of thiophene rings is 1. The fourth-order valence-electron chi connectivity index (χ4n) is 3.63. The van der Waals surface area contributed by atoms with E-state index in [2.05, 4.69) is 21.6 Å². The molecule has 3 N–H and O–H groups in total. The molecule has 0 aliphatic rings. The van der Waals surface area contributed by atoms with Crippen LogP contribution in [0, 0.1) is 11.3 Å². The predicted octanol–water partition coefficient (Wildman–Crippen LogP) is 5.35. The summed E-state index contributed by atoms with van der Waals surface area (Å²) < 4.78 is 6.87. The number of amides is 1. The average molecular weight is 505 g/mol. The maximum absolute atomic E-state index is 13.3. The van der Waals surface area contributed by atoms with E-state index in [9.17, 15) is 10.1 Å². The second-order valence-electron chi connectivity index (χ2n) is 7.59. The van der Waals surface area contributed by atoms with Crippen LogP contribution in [-0.2, 0) is 10.5 Å². The highest BCUT2D eigenvalue weighted by Crippen LogP contribution is 2.36. The smallest absolute Gasteiger partial charge is 0.248 e. The standard InChI is InChI=1S/C25H24N6O2S2/c1-3-21(31-24(27)29-30-25(31)35-14-16-7-5-4-6-8-16)22(32)28-23-19(13-26)20(15-34-23)17-9-11-18(33-2)12-10-17/h4-12,15,21H,3,14H2,1-2H3,(H2,27,29)(H,28,32). The number of nitrogens with one attached hydrogen (secondary N) is 1. The lowest BCUT2D eigenvalue weighted by Crippen LogP contribution is -2.27. The van der Waals surface area contributed by atoms with Crippen molar-refractivity contribution in [2.75, 3.05) is 18.2 Å². The summed E-state index contributed by atoms with van der Waals surface area (Å²) in [6, 6.07) is 19.0. The number of nitrogens with two attached hydrogens (primary N) is 1.